The predicted octanol–water partition coefficient (Wildman–Crippen LogP) is 0.938. The van der Waals surface area contributed by atoms with Gasteiger partial charge in [-0.15, -0.1) is 0 Å². The first-order valence-electron chi connectivity index (χ1n) is 9.02. The molecule has 0 radical (unpaired) electrons. The maximum absolute atomic E-state index is 12.7. The smallest absolute Gasteiger partial charge is 0.326 e. The van der Waals surface area contributed by atoms with E-state index in [4.69, 9.17) is 0 Å². The number of fused-ring (bicyclic) bond motifs is 2. The Morgan fingerprint density at radius 2 is 2.07 bits per heavy atom. The van der Waals surface area contributed by atoms with Gasteiger partial charge in [-0.25, -0.2) is 14.8 Å². The Labute approximate surface area is 159 Å². The molecule has 0 fully saturated rings. The molecule has 2 aromatic heterocycles. The highest BCUT2D eigenvalue weighted by Crippen LogP contribution is 2.22. The summed E-state index contributed by atoms with van der Waals surface area (Å²) in [6, 6.07) is 6.18. The standard InChI is InChI=1S/C19H19N5O4/c25-17(24-9-15-14(20-10-21-15)8-16(24)19(27)28)6-3-7-23-11-22-13-5-2-1-4-12(13)18(23)26/h1-2,4-5,10-11,16H,3,6-9H2,(H,20,21)(H,27,28)/t16-/m0/s1. The molecule has 3 aromatic rings. The van der Waals surface area contributed by atoms with Gasteiger partial charge in [0, 0.05) is 19.4 Å². The second kappa shape index (κ2) is 7.26. The molecule has 0 spiro atoms. The molecule has 1 atom stereocenters. The second-order valence-electron chi connectivity index (χ2n) is 6.77. The summed E-state index contributed by atoms with van der Waals surface area (Å²) in [7, 11) is 0. The van der Waals surface area contributed by atoms with E-state index in [1.54, 1.807) is 18.2 Å². The monoisotopic (exact) mass is 381 g/mol. The zero-order chi connectivity index (χ0) is 19.7. The van der Waals surface area contributed by atoms with E-state index in [1.165, 1.54) is 22.1 Å². The van der Waals surface area contributed by atoms with Gasteiger partial charge in [0.05, 0.1) is 41.5 Å². The van der Waals surface area contributed by atoms with E-state index in [2.05, 4.69) is 15.0 Å². The van der Waals surface area contributed by atoms with Crippen LogP contribution in [-0.4, -0.2) is 47.4 Å². The van der Waals surface area contributed by atoms with E-state index in [9.17, 15) is 19.5 Å². The van der Waals surface area contributed by atoms with Crippen LogP contribution >= 0.6 is 0 Å². The van der Waals surface area contributed by atoms with Crippen molar-refractivity contribution < 1.29 is 14.7 Å². The van der Waals surface area contributed by atoms with Crippen molar-refractivity contribution in [2.24, 2.45) is 0 Å². The SMILES string of the molecule is O=C(O)[C@@H]1Cc2nc[nH]c2CN1C(=O)CCCn1cnc2ccccc2c1=O. The number of carbonyl (C=O) groups is 2. The zero-order valence-corrected chi connectivity index (χ0v) is 15.0. The molecule has 9 heteroatoms. The number of nitrogens with one attached hydrogen (secondary N) is 1. The second-order valence-corrected chi connectivity index (χ2v) is 6.77. The van der Waals surface area contributed by atoms with Gasteiger partial charge in [-0.2, -0.15) is 0 Å². The summed E-state index contributed by atoms with van der Waals surface area (Å²) in [6.45, 7) is 0.534. The van der Waals surface area contributed by atoms with E-state index in [0.29, 0.717) is 29.6 Å². The van der Waals surface area contributed by atoms with Crippen LogP contribution in [0.15, 0.2) is 41.7 Å². The minimum absolute atomic E-state index is 0.145. The molecule has 9 nitrogen and oxygen atoms in total. The van der Waals surface area contributed by atoms with Crippen LogP contribution in [0.4, 0.5) is 0 Å². The van der Waals surface area contributed by atoms with Crippen LogP contribution in [0, 0.1) is 0 Å². The van der Waals surface area contributed by atoms with Gasteiger partial charge in [-0.1, -0.05) is 12.1 Å². The molecule has 3 heterocycles. The summed E-state index contributed by atoms with van der Waals surface area (Å²) in [5.41, 5.74) is 1.93. The number of carboxylic acid groups (broad SMARTS) is 1. The normalized spacial score (nSPS) is 16.1. The summed E-state index contributed by atoms with van der Waals surface area (Å²) in [4.78, 5) is 49.4. The summed E-state index contributed by atoms with van der Waals surface area (Å²) in [6.07, 6.45) is 3.74. The number of hydrogen-bond donors (Lipinski definition) is 2. The van der Waals surface area contributed by atoms with Gasteiger partial charge in [-0.05, 0) is 18.6 Å². The summed E-state index contributed by atoms with van der Waals surface area (Å²) in [5, 5.41) is 10.0. The Morgan fingerprint density at radius 1 is 1.25 bits per heavy atom. The molecule has 4 rings (SSSR count). The van der Waals surface area contributed by atoms with Crippen molar-refractivity contribution in [3.63, 3.8) is 0 Å². The third kappa shape index (κ3) is 3.26. The lowest BCUT2D eigenvalue weighted by atomic mass is 10.0. The molecule has 1 aliphatic heterocycles. The van der Waals surface area contributed by atoms with Crippen LogP contribution in [0.25, 0.3) is 10.9 Å². The number of amides is 1. The number of carboxylic acids is 1. The van der Waals surface area contributed by atoms with Crippen molar-refractivity contribution >= 4 is 22.8 Å². The number of benzene rings is 1. The number of rotatable bonds is 5. The number of aromatic nitrogens is 4. The lowest BCUT2D eigenvalue weighted by molar-refractivity contribution is -0.151. The number of nitrogens with zero attached hydrogens (tertiary/aromatic N) is 4. The first-order valence-corrected chi connectivity index (χ1v) is 9.02. The molecular formula is C19H19N5O4. The number of para-hydroxylation sites is 1. The molecule has 0 saturated heterocycles. The lowest BCUT2D eigenvalue weighted by Crippen LogP contribution is -2.48. The van der Waals surface area contributed by atoms with Gasteiger partial charge in [-0.3, -0.25) is 14.2 Å². The largest absolute Gasteiger partial charge is 0.480 e. The van der Waals surface area contributed by atoms with Gasteiger partial charge in [0.15, 0.2) is 0 Å². The maximum Gasteiger partial charge on any atom is 0.326 e. The quantitative estimate of drug-likeness (QED) is 0.678. The van der Waals surface area contributed by atoms with Crippen molar-refractivity contribution in [2.75, 3.05) is 0 Å². The lowest BCUT2D eigenvalue weighted by Gasteiger charge is -2.32. The number of H-pyrrole nitrogens is 1. The van der Waals surface area contributed by atoms with Crippen molar-refractivity contribution in [2.45, 2.75) is 38.4 Å². The van der Waals surface area contributed by atoms with E-state index < -0.39 is 12.0 Å². The van der Waals surface area contributed by atoms with Gasteiger partial charge < -0.3 is 15.0 Å². The van der Waals surface area contributed by atoms with Crippen molar-refractivity contribution in [3.05, 3.63) is 58.7 Å². The molecule has 144 valence electrons. The van der Waals surface area contributed by atoms with Gasteiger partial charge >= 0.3 is 5.97 Å². The van der Waals surface area contributed by atoms with Gasteiger partial charge in [0.1, 0.15) is 6.04 Å². The minimum Gasteiger partial charge on any atom is -0.480 e. The number of aromatic amines is 1. The van der Waals surface area contributed by atoms with Crippen molar-refractivity contribution in [1.82, 2.24) is 24.4 Å². The number of hydrogen-bond acceptors (Lipinski definition) is 5. The molecular weight excluding hydrogens is 362 g/mol. The van der Waals surface area contributed by atoms with Crippen molar-refractivity contribution in [3.8, 4) is 0 Å². The molecule has 0 unspecified atom stereocenters. The van der Waals surface area contributed by atoms with E-state index in [-0.39, 0.29) is 30.9 Å². The molecule has 0 bridgehead atoms. The molecule has 2 N–H and O–H groups in total. The van der Waals surface area contributed by atoms with E-state index >= 15 is 0 Å². The fourth-order valence-corrected chi connectivity index (χ4v) is 3.53. The minimum atomic E-state index is -1.04. The zero-order valence-electron chi connectivity index (χ0n) is 15.0. The first kappa shape index (κ1) is 17.9. The highest BCUT2D eigenvalue weighted by atomic mass is 16.4. The van der Waals surface area contributed by atoms with Crippen LogP contribution < -0.4 is 5.56 Å². The fraction of sp³-hybridized carbons (Fsp3) is 0.316. The van der Waals surface area contributed by atoms with E-state index in [1.807, 2.05) is 6.07 Å². The van der Waals surface area contributed by atoms with Gasteiger partial charge in [0.2, 0.25) is 5.91 Å². The number of imidazole rings is 1. The van der Waals surface area contributed by atoms with Crippen LogP contribution in [0.5, 0.6) is 0 Å². The average Bonchev–Trinajstić information content (AvgIpc) is 3.16. The summed E-state index contributed by atoms with van der Waals surface area (Å²) in [5.74, 6) is -1.30. The van der Waals surface area contributed by atoms with Crippen LogP contribution in [0.2, 0.25) is 0 Å². The topological polar surface area (TPSA) is 121 Å². The number of aliphatic carboxylic acids is 1. The molecule has 1 amide bonds. The molecule has 1 aliphatic rings. The molecule has 0 saturated carbocycles. The highest BCUT2D eigenvalue weighted by Gasteiger charge is 2.35. The van der Waals surface area contributed by atoms with Crippen molar-refractivity contribution in [1.29, 1.82) is 0 Å². The Morgan fingerprint density at radius 3 is 2.89 bits per heavy atom. The number of carbonyl (C=O) groups excluding carboxylic acids is 1. The van der Waals surface area contributed by atoms with E-state index in [0.717, 1.165) is 5.69 Å². The van der Waals surface area contributed by atoms with Crippen LogP contribution in [0.1, 0.15) is 24.2 Å². The summed E-state index contributed by atoms with van der Waals surface area (Å²) >= 11 is 0. The third-order valence-electron chi connectivity index (χ3n) is 5.03. The Hall–Kier alpha value is -3.49. The molecule has 1 aromatic carbocycles. The Bertz CT molecular complexity index is 1100. The Kier molecular flexibility index (Phi) is 4.64. The van der Waals surface area contributed by atoms with Crippen LogP contribution in [0.3, 0.4) is 0 Å². The number of aryl methyl sites for hydroxylation is 1. The molecule has 28 heavy (non-hydrogen) atoms. The fourth-order valence-electron chi connectivity index (χ4n) is 3.53. The average molecular weight is 381 g/mol. The Balaban J connectivity index is 1.44. The summed E-state index contributed by atoms with van der Waals surface area (Å²) < 4.78 is 1.48. The van der Waals surface area contributed by atoms with Gasteiger partial charge in [0.25, 0.3) is 5.56 Å². The third-order valence-corrected chi connectivity index (χ3v) is 5.03. The first-order chi connectivity index (χ1) is 13.5. The predicted molar refractivity (Wildman–Crippen MR) is 99.5 cm³/mol. The van der Waals surface area contributed by atoms with Crippen LogP contribution in [-0.2, 0) is 29.1 Å². The maximum atomic E-state index is 12.7. The highest BCUT2D eigenvalue weighted by molar-refractivity contribution is 5.84. The molecule has 0 aliphatic carbocycles.